The third-order valence-electron chi connectivity index (χ3n) is 3.40. The second-order valence-corrected chi connectivity index (χ2v) is 4.98. The van der Waals surface area contributed by atoms with Crippen molar-refractivity contribution in [2.75, 3.05) is 7.05 Å². The summed E-state index contributed by atoms with van der Waals surface area (Å²) in [4.78, 5) is 11.5. The summed E-state index contributed by atoms with van der Waals surface area (Å²) in [5.74, 6) is 0.599. The number of nitrogens with zero attached hydrogens (tertiary/aromatic N) is 3. The second kappa shape index (κ2) is 7.04. The van der Waals surface area contributed by atoms with Gasteiger partial charge in [0.05, 0.1) is 6.61 Å². The first-order chi connectivity index (χ1) is 10.6. The summed E-state index contributed by atoms with van der Waals surface area (Å²) in [5.41, 5.74) is 3.05. The Kier molecular flexibility index (Phi) is 5.11. The van der Waals surface area contributed by atoms with Crippen LogP contribution in [0, 0.1) is 13.8 Å². The third-order valence-corrected chi connectivity index (χ3v) is 3.40. The summed E-state index contributed by atoms with van der Waals surface area (Å²) in [7, 11) is 1.55. The van der Waals surface area contributed by atoms with Crippen LogP contribution in [0.5, 0.6) is 5.75 Å². The number of hydrogen-bond acceptors (Lipinski definition) is 5. The molecule has 22 heavy (non-hydrogen) atoms. The molecule has 2 N–H and O–H groups in total. The summed E-state index contributed by atoms with van der Waals surface area (Å²) in [6.07, 6.45) is 0. The Morgan fingerprint density at radius 2 is 2.05 bits per heavy atom. The van der Waals surface area contributed by atoms with Crippen LogP contribution in [0.15, 0.2) is 18.2 Å². The average molecular weight is 304 g/mol. The van der Waals surface area contributed by atoms with E-state index in [2.05, 4.69) is 15.6 Å². The van der Waals surface area contributed by atoms with Gasteiger partial charge in [0.1, 0.15) is 30.3 Å². The lowest BCUT2D eigenvalue weighted by atomic mass is 10.1. The molecule has 1 heterocycles. The highest BCUT2D eigenvalue weighted by molar-refractivity contribution is 5.75. The molecular weight excluding hydrogens is 284 g/mol. The summed E-state index contributed by atoms with van der Waals surface area (Å²) >= 11 is 0. The summed E-state index contributed by atoms with van der Waals surface area (Å²) < 4.78 is 7.31. The summed E-state index contributed by atoms with van der Waals surface area (Å²) in [6.45, 7) is 3.91. The Morgan fingerprint density at radius 1 is 1.36 bits per heavy atom. The molecule has 1 aromatic carbocycles. The molecule has 2 aromatic rings. The highest BCUT2D eigenvalue weighted by Gasteiger charge is 2.16. The molecule has 0 radical (unpaired) electrons. The fraction of sp³-hybridized carbons (Fsp3) is 0.400. The first-order valence-corrected chi connectivity index (χ1v) is 6.98. The van der Waals surface area contributed by atoms with Crippen molar-refractivity contribution in [1.29, 1.82) is 0 Å². The molecule has 0 aliphatic heterocycles. The van der Waals surface area contributed by atoms with Gasteiger partial charge in [0, 0.05) is 7.05 Å². The molecule has 0 unspecified atom stereocenters. The minimum Gasteiger partial charge on any atom is -0.487 e. The minimum atomic E-state index is -0.251. The number of aryl methyl sites for hydroxylation is 2. The van der Waals surface area contributed by atoms with Crippen LogP contribution >= 0.6 is 0 Å². The van der Waals surface area contributed by atoms with E-state index in [9.17, 15) is 9.90 Å². The van der Waals surface area contributed by atoms with Gasteiger partial charge in [0.25, 0.3) is 0 Å². The summed E-state index contributed by atoms with van der Waals surface area (Å²) in [5, 5.41) is 19.7. The van der Waals surface area contributed by atoms with Gasteiger partial charge in [0.2, 0.25) is 5.91 Å². The number of ether oxygens (including phenoxy) is 1. The van der Waals surface area contributed by atoms with Gasteiger partial charge < -0.3 is 15.2 Å². The highest BCUT2D eigenvalue weighted by atomic mass is 16.5. The van der Waals surface area contributed by atoms with Crippen molar-refractivity contribution in [2.24, 2.45) is 0 Å². The van der Waals surface area contributed by atoms with Crippen LogP contribution < -0.4 is 10.1 Å². The van der Waals surface area contributed by atoms with E-state index in [0.717, 1.165) is 16.9 Å². The van der Waals surface area contributed by atoms with Gasteiger partial charge in [-0.25, -0.2) is 4.68 Å². The van der Waals surface area contributed by atoms with Gasteiger partial charge in [0.15, 0.2) is 0 Å². The molecule has 0 aliphatic carbocycles. The van der Waals surface area contributed by atoms with Crippen LogP contribution in [0.4, 0.5) is 0 Å². The number of amides is 1. The van der Waals surface area contributed by atoms with Gasteiger partial charge in [-0.2, -0.15) is 0 Å². The zero-order valence-electron chi connectivity index (χ0n) is 13.0. The maximum absolute atomic E-state index is 11.5. The zero-order chi connectivity index (χ0) is 16.1. The largest absolute Gasteiger partial charge is 0.487 e. The number of nitrogens with one attached hydrogen (secondary N) is 1. The van der Waals surface area contributed by atoms with E-state index in [0.29, 0.717) is 11.4 Å². The molecule has 1 amide bonds. The van der Waals surface area contributed by atoms with Crippen LogP contribution in [0.25, 0.3) is 0 Å². The minimum absolute atomic E-state index is 0.0367. The standard InChI is InChI=1S/C15H20N4O3/c1-10-5-4-6-11(2)15(10)22-9-13-12(8-20)17-18-19(13)7-14(21)16-3/h4-6,20H,7-9H2,1-3H3,(H,16,21). The number of carbonyl (C=O) groups is 1. The Labute approximate surface area is 128 Å². The van der Waals surface area contributed by atoms with Crippen LogP contribution in [-0.4, -0.2) is 33.1 Å². The lowest BCUT2D eigenvalue weighted by molar-refractivity contribution is -0.121. The van der Waals surface area contributed by atoms with E-state index in [1.54, 1.807) is 7.05 Å². The molecule has 0 atom stereocenters. The van der Waals surface area contributed by atoms with E-state index < -0.39 is 0 Å². The van der Waals surface area contributed by atoms with E-state index in [-0.39, 0.29) is 25.7 Å². The SMILES string of the molecule is CNC(=O)Cn1nnc(CO)c1COc1c(C)cccc1C. The number of hydrogen-bond donors (Lipinski definition) is 2. The Balaban J connectivity index is 2.21. The molecule has 0 spiro atoms. The maximum atomic E-state index is 11.5. The molecule has 2 rings (SSSR count). The fourth-order valence-electron chi connectivity index (χ4n) is 2.16. The van der Waals surface area contributed by atoms with Crippen molar-refractivity contribution >= 4 is 5.91 Å². The third kappa shape index (κ3) is 3.43. The van der Waals surface area contributed by atoms with Crippen LogP contribution in [0.3, 0.4) is 0 Å². The number of rotatable bonds is 6. The normalized spacial score (nSPS) is 10.5. The van der Waals surface area contributed by atoms with E-state index in [4.69, 9.17) is 4.74 Å². The number of aliphatic hydroxyl groups is 1. The molecule has 1 aromatic heterocycles. The number of likely N-dealkylation sites (N-methyl/N-ethyl adjacent to an activating group) is 1. The molecule has 0 aliphatic rings. The summed E-state index contributed by atoms with van der Waals surface area (Å²) in [6, 6.07) is 5.90. The lowest BCUT2D eigenvalue weighted by Crippen LogP contribution is -2.25. The molecule has 118 valence electrons. The quantitative estimate of drug-likeness (QED) is 0.820. The maximum Gasteiger partial charge on any atom is 0.241 e. The average Bonchev–Trinajstić information content (AvgIpc) is 2.88. The number of benzene rings is 1. The monoisotopic (exact) mass is 304 g/mol. The molecule has 7 heteroatoms. The molecule has 0 fully saturated rings. The van der Waals surface area contributed by atoms with Crippen molar-refractivity contribution in [2.45, 2.75) is 33.6 Å². The van der Waals surface area contributed by atoms with E-state index >= 15 is 0 Å². The topological polar surface area (TPSA) is 89.3 Å². The predicted molar refractivity (Wildman–Crippen MR) is 80.3 cm³/mol. The van der Waals surface area contributed by atoms with E-state index in [1.165, 1.54) is 4.68 Å². The first kappa shape index (κ1) is 16.0. The fourth-order valence-corrected chi connectivity index (χ4v) is 2.16. The molecule has 7 nitrogen and oxygen atoms in total. The van der Waals surface area contributed by atoms with Gasteiger partial charge in [-0.05, 0) is 25.0 Å². The highest BCUT2D eigenvalue weighted by Crippen LogP contribution is 2.23. The van der Waals surface area contributed by atoms with Crippen LogP contribution in [0.1, 0.15) is 22.5 Å². The van der Waals surface area contributed by atoms with Gasteiger partial charge >= 0.3 is 0 Å². The number of aromatic nitrogens is 3. The number of carbonyl (C=O) groups excluding carboxylic acids is 1. The van der Waals surface area contributed by atoms with Crippen molar-refractivity contribution in [3.63, 3.8) is 0 Å². The lowest BCUT2D eigenvalue weighted by Gasteiger charge is -2.13. The van der Waals surface area contributed by atoms with Crippen LogP contribution in [-0.2, 0) is 24.6 Å². The van der Waals surface area contributed by atoms with Crippen molar-refractivity contribution in [1.82, 2.24) is 20.3 Å². The zero-order valence-corrected chi connectivity index (χ0v) is 13.0. The van der Waals surface area contributed by atoms with Gasteiger partial charge in [-0.1, -0.05) is 23.4 Å². The predicted octanol–water partition coefficient (Wildman–Crippen LogP) is 0.712. The van der Waals surface area contributed by atoms with Crippen molar-refractivity contribution in [3.8, 4) is 5.75 Å². The van der Waals surface area contributed by atoms with Crippen LogP contribution in [0.2, 0.25) is 0 Å². The Hall–Kier alpha value is -2.41. The second-order valence-electron chi connectivity index (χ2n) is 4.98. The van der Waals surface area contributed by atoms with Gasteiger partial charge in [-0.3, -0.25) is 4.79 Å². The van der Waals surface area contributed by atoms with Gasteiger partial charge in [-0.15, -0.1) is 5.10 Å². The smallest absolute Gasteiger partial charge is 0.241 e. The molecular formula is C15H20N4O3. The molecule has 0 bridgehead atoms. The van der Waals surface area contributed by atoms with Crippen molar-refractivity contribution < 1.29 is 14.6 Å². The Morgan fingerprint density at radius 3 is 2.64 bits per heavy atom. The van der Waals surface area contributed by atoms with E-state index in [1.807, 2.05) is 32.0 Å². The molecule has 0 saturated carbocycles. The number of aliphatic hydroxyl groups excluding tert-OH is 1. The Bertz CT molecular complexity index is 647. The number of para-hydroxylation sites is 1. The first-order valence-electron chi connectivity index (χ1n) is 6.98. The van der Waals surface area contributed by atoms with Crippen molar-refractivity contribution in [3.05, 3.63) is 40.7 Å². The molecule has 0 saturated heterocycles.